The van der Waals surface area contributed by atoms with E-state index >= 15 is 0 Å². The molecular formula is C20H18BrN3O. The van der Waals surface area contributed by atoms with Crippen LogP contribution in [0.2, 0.25) is 0 Å². The van der Waals surface area contributed by atoms with Gasteiger partial charge in [-0.2, -0.15) is 0 Å². The van der Waals surface area contributed by atoms with Crippen LogP contribution in [-0.2, 0) is 16.6 Å². The minimum absolute atomic E-state index is 0.0255. The summed E-state index contributed by atoms with van der Waals surface area (Å²) in [5.41, 5.74) is 3.09. The van der Waals surface area contributed by atoms with Crippen molar-refractivity contribution < 1.29 is 4.79 Å². The van der Waals surface area contributed by atoms with Gasteiger partial charge in [-0.15, -0.1) is 0 Å². The molecule has 2 aromatic rings. The number of ketones is 1. The molecule has 3 atom stereocenters. The normalized spacial score (nSPS) is 27.9. The van der Waals surface area contributed by atoms with Gasteiger partial charge < -0.3 is 4.79 Å². The molecule has 0 fully saturated rings. The van der Waals surface area contributed by atoms with Gasteiger partial charge in [0.25, 0.3) is 0 Å². The Kier molecular flexibility index (Phi) is 3.69. The van der Waals surface area contributed by atoms with Crippen LogP contribution in [0.5, 0.6) is 0 Å². The largest absolute Gasteiger partial charge is 0.308 e. The van der Waals surface area contributed by atoms with Crippen LogP contribution < -0.4 is 0 Å². The summed E-state index contributed by atoms with van der Waals surface area (Å²) in [4.78, 5) is 20.8. The number of hydrogen-bond donors (Lipinski definition) is 0. The molecule has 4 rings (SSSR count). The third-order valence-corrected chi connectivity index (χ3v) is 6.28. The van der Waals surface area contributed by atoms with E-state index < -0.39 is 0 Å². The van der Waals surface area contributed by atoms with Crippen molar-refractivity contribution in [3.05, 3.63) is 69.6 Å². The van der Waals surface area contributed by atoms with Gasteiger partial charge in [0, 0.05) is 22.7 Å². The molecule has 0 unspecified atom stereocenters. The maximum absolute atomic E-state index is 12.4. The van der Waals surface area contributed by atoms with Gasteiger partial charge in [-0.3, -0.25) is 4.57 Å². The minimum Gasteiger partial charge on any atom is -0.308 e. The molecule has 2 aliphatic carbocycles. The number of rotatable bonds is 1. The van der Waals surface area contributed by atoms with Crippen LogP contribution in [0.25, 0.3) is 10.5 Å². The summed E-state index contributed by atoms with van der Waals surface area (Å²) < 4.78 is 2.91. The van der Waals surface area contributed by atoms with E-state index in [4.69, 9.17) is 11.6 Å². The third-order valence-electron chi connectivity index (χ3n) is 5.75. The third kappa shape index (κ3) is 2.24. The Morgan fingerprint density at radius 1 is 1.36 bits per heavy atom. The average Bonchev–Trinajstić information content (AvgIpc) is 2.96. The average molecular weight is 396 g/mol. The molecule has 0 spiro atoms. The second kappa shape index (κ2) is 5.67. The van der Waals surface area contributed by atoms with Gasteiger partial charge in [-0.1, -0.05) is 38.1 Å². The number of hydrogen-bond acceptors (Lipinski definition) is 2. The number of Topliss-reactive ketones (excluding diaryl/α,β-unsaturated/α-hetero) is 1. The zero-order valence-corrected chi connectivity index (χ0v) is 15.7. The van der Waals surface area contributed by atoms with Crippen LogP contribution in [-0.4, -0.2) is 15.3 Å². The van der Waals surface area contributed by atoms with Crippen molar-refractivity contribution in [3.8, 4) is 5.69 Å². The second-order valence-corrected chi connectivity index (χ2v) is 7.78. The number of benzene rings is 1. The van der Waals surface area contributed by atoms with Gasteiger partial charge in [-0.05, 0) is 46.8 Å². The lowest BCUT2D eigenvalue weighted by atomic mass is 9.59. The van der Waals surface area contributed by atoms with E-state index in [0.29, 0.717) is 0 Å². The first-order valence-electron chi connectivity index (χ1n) is 8.45. The van der Waals surface area contributed by atoms with E-state index in [1.54, 1.807) is 0 Å². The van der Waals surface area contributed by atoms with E-state index in [9.17, 15) is 4.79 Å². The van der Waals surface area contributed by atoms with Crippen LogP contribution >= 0.6 is 15.9 Å². The van der Waals surface area contributed by atoms with Gasteiger partial charge in [0.05, 0.1) is 12.3 Å². The molecule has 5 heteroatoms. The van der Waals surface area contributed by atoms with Crippen LogP contribution in [0.3, 0.4) is 0 Å². The molecule has 0 saturated carbocycles. The van der Waals surface area contributed by atoms with Gasteiger partial charge in [0.1, 0.15) is 0 Å². The second-order valence-electron chi connectivity index (χ2n) is 7.07. The van der Waals surface area contributed by atoms with Crippen molar-refractivity contribution in [2.24, 2.45) is 11.8 Å². The Labute approximate surface area is 155 Å². The molecule has 0 N–H and O–H groups in total. The molecule has 2 aliphatic rings. The Balaban J connectivity index is 1.94. The Morgan fingerprint density at radius 2 is 2.08 bits per heavy atom. The highest BCUT2D eigenvalue weighted by atomic mass is 79.9. The molecular weight excluding hydrogens is 378 g/mol. The standard InChI is InChI=1S/C20H18BrN3O/c1-12-14-9-10-16-18(20(14,2)11-15(22-3)17(12)25)23-19(21)24(16)13-7-5-4-6-8-13/h4-8,11-12,14H,9-10H2,1-2H3/t12-,14-,20-/m0/s1. The maximum atomic E-state index is 12.4. The lowest BCUT2D eigenvalue weighted by molar-refractivity contribution is -0.121. The van der Waals surface area contributed by atoms with Crippen molar-refractivity contribution >= 4 is 21.7 Å². The van der Waals surface area contributed by atoms with Crippen molar-refractivity contribution in [2.45, 2.75) is 32.1 Å². The summed E-state index contributed by atoms with van der Waals surface area (Å²) in [6, 6.07) is 10.2. The quantitative estimate of drug-likeness (QED) is 0.667. The first kappa shape index (κ1) is 16.3. The number of para-hydroxylation sites is 1. The van der Waals surface area contributed by atoms with Crippen molar-refractivity contribution in [3.63, 3.8) is 0 Å². The fourth-order valence-corrected chi connectivity index (χ4v) is 5.09. The number of imidazole rings is 1. The number of halogens is 1. The van der Waals surface area contributed by atoms with E-state index in [1.807, 2.05) is 31.2 Å². The summed E-state index contributed by atoms with van der Waals surface area (Å²) in [5.74, 6) is 0.0133. The number of nitrogens with zero attached hydrogens (tertiary/aromatic N) is 3. The van der Waals surface area contributed by atoms with Gasteiger partial charge >= 0.3 is 0 Å². The van der Waals surface area contributed by atoms with E-state index in [0.717, 1.165) is 29.0 Å². The first-order chi connectivity index (χ1) is 12.0. The van der Waals surface area contributed by atoms with Crippen molar-refractivity contribution in [1.29, 1.82) is 0 Å². The summed E-state index contributed by atoms with van der Waals surface area (Å²) >= 11 is 3.62. The molecule has 4 nitrogen and oxygen atoms in total. The van der Waals surface area contributed by atoms with Gasteiger partial charge in [-0.25, -0.2) is 9.83 Å². The summed E-state index contributed by atoms with van der Waals surface area (Å²) in [5, 5.41) is 0. The van der Waals surface area contributed by atoms with Crippen LogP contribution in [0, 0.1) is 18.4 Å². The molecule has 0 radical (unpaired) electrons. The molecule has 0 aliphatic heterocycles. The zero-order chi connectivity index (χ0) is 17.8. The fraction of sp³-hybridized carbons (Fsp3) is 0.350. The van der Waals surface area contributed by atoms with E-state index in [-0.39, 0.29) is 28.7 Å². The molecule has 25 heavy (non-hydrogen) atoms. The Morgan fingerprint density at radius 3 is 2.76 bits per heavy atom. The molecule has 0 amide bonds. The van der Waals surface area contributed by atoms with Crippen molar-refractivity contribution in [2.75, 3.05) is 0 Å². The number of aromatic nitrogens is 2. The van der Waals surface area contributed by atoms with E-state index in [1.165, 1.54) is 5.69 Å². The zero-order valence-electron chi connectivity index (χ0n) is 14.2. The molecule has 126 valence electrons. The predicted octanol–water partition coefficient (Wildman–Crippen LogP) is 4.48. The monoisotopic (exact) mass is 395 g/mol. The van der Waals surface area contributed by atoms with E-state index in [2.05, 4.69) is 44.4 Å². The Hall–Kier alpha value is -2.19. The number of allylic oxidation sites excluding steroid dienone is 2. The summed E-state index contributed by atoms with van der Waals surface area (Å²) in [6.07, 6.45) is 3.66. The van der Waals surface area contributed by atoms with Crippen LogP contribution in [0.1, 0.15) is 31.7 Å². The summed E-state index contributed by atoms with van der Waals surface area (Å²) in [7, 11) is 0. The number of carbonyl (C=O) groups is 1. The number of fused-ring (bicyclic) bond motifs is 3. The van der Waals surface area contributed by atoms with Crippen LogP contribution in [0.15, 0.2) is 46.8 Å². The minimum atomic E-state index is -0.386. The lowest BCUT2D eigenvalue weighted by Gasteiger charge is -2.44. The van der Waals surface area contributed by atoms with Crippen molar-refractivity contribution in [1.82, 2.24) is 9.55 Å². The number of carbonyl (C=O) groups excluding carboxylic acids is 1. The first-order valence-corrected chi connectivity index (χ1v) is 9.24. The topological polar surface area (TPSA) is 39.2 Å². The highest BCUT2D eigenvalue weighted by molar-refractivity contribution is 9.10. The predicted molar refractivity (Wildman–Crippen MR) is 99.3 cm³/mol. The highest BCUT2D eigenvalue weighted by Crippen LogP contribution is 2.50. The van der Waals surface area contributed by atoms with Gasteiger partial charge in [0.2, 0.25) is 5.70 Å². The molecule has 0 saturated heterocycles. The summed E-state index contributed by atoms with van der Waals surface area (Å²) in [6.45, 7) is 11.5. The molecule has 0 bridgehead atoms. The molecule has 1 heterocycles. The Bertz CT molecular complexity index is 938. The SMILES string of the molecule is [C-]#[N+]C1=C[C@]2(C)c3nc(Br)n(-c4ccccc4)c3CC[C@H]2[C@H](C)C1=O. The molecule has 1 aromatic heterocycles. The lowest BCUT2D eigenvalue weighted by Crippen LogP contribution is -2.45. The van der Waals surface area contributed by atoms with Crippen LogP contribution in [0.4, 0.5) is 0 Å². The van der Waals surface area contributed by atoms with Gasteiger partial charge in [0.15, 0.2) is 10.5 Å². The maximum Gasteiger partial charge on any atom is 0.226 e. The fourth-order valence-electron chi connectivity index (χ4n) is 4.50. The highest BCUT2D eigenvalue weighted by Gasteiger charge is 2.50. The smallest absolute Gasteiger partial charge is 0.226 e. The molecule has 1 aromatic carbocycles.